The Morgan fingerprint density at radius 1 is 1.29 bits per heavy atom. The van der Waals surface area contributed by atoms with Crippen LogP contribution in [0.3, 0.4) is 0 Å². The van der Waals surface area contributed by atoms with Crippen molar-refractivity contribution >= 4 is 30.1 Å². The zero-order valence-corrected chi connectivity index (χ0v) is 15.3. The SMILES string of the molecule is Cl.O=C(CCSc1ccc2c(c1)OCCO2)NCC1CCCNC1. The van der Waals surface area contributed by atoms with Gasteiger partial charge in [0.25, 0.3) is 0 Å². The number of piperidine rings is 1. The van der Waals surface area contributed by atoms with Crippen molar-refractivity contribution < 1.29 is 14.3 Å². The third-order valence-corrected chi connectivity index (χ3v) is 5.09. The third kappa shape index (κ3) is 5.76. The number of carbonyl (C=O) groups excluding carboxylic acids is 1. The van der Waals surface area contributed by atoms with Gasteiger partial charge in [-0.1, -0.05) is 0 Å². The Morgan fingerprint density at radius 3 is 2.92 bits per heavy atom. The van der Waals surface area contributed by atoms with Crippen LogP contribution >= 0.6 is 24.2 Å². The molecule has 2 aliphatic rings. The molecule has 0 saturated carbocycles. The van der Waals surface area contributed by atoms with Crippen LogP contribution in [0, 0.1) is 5.92 Å². The van der Waals surface area contributed by atoms with Crippen LogP contribution in [0.5, 0.6) is 11.5 Å². The number of amides is 1. The summed E-state index contributed by atoms with van der Waals surface area (Å²) in [6, 6.07) is 5.95. The molecule has 3 rings (SSSR count). The molecule has 1 saturated heterocycles. The van der Waals surface area contributed by atoms with Gasteiger partial charge in [-0.2, -0.15) is 0 Å². The monoisotopic (exact) mass is 372 g/mol. The predicted molar refractivity (Wildman–Crippen MR) is 98.6 cm³/mol. The average molecular weight is 373 g/mol. The van der Waals surface area contributed by atoms with E-state index in [4.69, 9.17) is 9.47 Å². The summed E-state index contributed by atoms with van der Waals surface area (Å²) in [7, 11) is 0. The molecule has 1 aromatic carbocycles. The van der Waals surface area contributed by atoms with E-state index in [0.29, 0.717) is 25.6 Å². The van der Waals surface area contributed by atoms with E-state index in [1.165, 1.54) is 12.8 Å². The molecule has 1 fully saturated rings. The minimum atomic E-state index is 0. The Labute approximate surface area is 153 Å². The normalized spacial score (nSPS) is 19.2. The number of hydrogen-bond donors (Lipinski definition) is 2. The summed E-state index contributed by atoms with van der Waals surface area (Å²) in [4.78, 5) is 13.0. The topological polar surface area (TPSA) is 59.6 Å². The fraction of sp³-hybridized carbons (Fsp3) is 0.588. The Bertz CT molecular complexity index is 539. The van der Waals surface area contributed by atoms with Crippen LogP contribution in [-0.4, -0.2) is 44.5 Å². The second kappa shape index (κ2) is 10.0. The molecule has 1 unspecified atom stereocenters. The van der Waals surface area contributed by atoms with Gasteiger partial charge in [-0.15, -0.1) is 24.2 Å². The number of hydrogen-bond acceptors (Lipinski definition) is 5. The first kappa shape index (κ1) is 19.2. The first-order valence-corrected chi connectivity index (χ1v) is 9.30. The van der Waals surface area contributed by atoms with E-state index in [1.807, 2.05) is 18.2 Å². The summed E-state index contributed by atoms with van der Waals surface area (Å²) in [5.74, 6) is 3.10. The highest BCUT2D eigenvalue weighted by atomic mass is 35.5. The number of halogens is 1. The van der Waals surface area contributed by atoms with Crippen molar-refractivity contribution in [3.05, 3.63) is 18.2 Å². The lowest BCUT2D eigenvalue weighted by Gasteiger charge is -2.22. The van der Waals surface area contributed by atoms with Gasteiger partial charge in [-0.3, -0.25) is 4.79 Å². The first-order valence-electron chi connectivity index (χ1n) is 8.31. The van der Waals surface area contributed by atoms with E-state index in [-0.39, 0.29) is 18.3 Å². The average Bonchev–Trinajstić information content (AvgIpc) is 2.61. The van der Waals surface area contributed by atoms with Crippen LogP contribution < -0.4 is 20.1 Å². The number of nitrogens with one attached hydrogen (secondary N) is 2. The lowest BCUT2D eigenvalue weighted by atomic mass is 10.00. The fourth-order valence-corrected chi connectivity index (χ4v) is 3.70. The van der Waals surface area contributed by atoms with Gasteiger partial charge in [0.2, 0.25) is 5.91 Å². The van der Waals surface area contributed by atoms with Crippen molar-refractivity contribution in [3.8, 4) is 11.5 Å². The molecule has 0 bridgehead atoms. The summed E-state index contributed by atoms with van der Waals surface area (Å²) >= 11 is 1.67. The molecule has 2 heterocycles. The summed E-state index contributed by atoms with van der Waals surface area (Å²) in [6.45, 7) is 4.12. The molecule has 0 radical (unpaired) electrons. The molecule has 134 valence electrons. The number of carbonyl (C=O) groups is 1. The van der Waals surface area contributed by atoms with Crippen molar-refractivity contribution in [2.24, 2.45) is 5.92 Å². The standard InChI is InChI=1S/C17H24N2O3S.ClH/c20-17(19-12-13-2-1-6-18-11-13)5-9-23-14-3-4-15-16(10-14)22-8-7-21-15;/h3-4,10,13,18H,1-2,5-9,11-12H2,(H,19,20);1H. The second-order valence-electron chi connectivity index (χ2n) is 5.92. The molecular weight excluding hydrogens is 348 g/mol. The van der Waals surface area contributed by atoms with Crippen molar-refractivity contribution in [3.63, 3.8) is 0 Å². The zero-order chi connectivity index (χ0) is 15.9. The first-order chi connectivity index (χ1) is 11.3. The molecule has 0 spiro atoms. The van der Waals surface area contributed by atoms with E-state index in [2.05, 4.69) is 10.6 Å². The maximum absolute atomic E-state index is 11.9. The minimum absolute atomic E-state index is 0. The molecule has 2 aliphatic heterocycles. The molecule has 24 heavy (non-hydrogen) atoms. The lowest BCUT2D eigenvalue weighted by molar-refractivity contribution is -0.120. The van der Waals surface area contributed by atoms with Crippen molar-refractivity contribution in [2.75, 3.05) is 38.6 Å². The van der Waals surface area contributed by atoms with Gasteiger partial charge in [-0.05, 0) is 50.0 Å². The summed E-state index contributed by atoms with van der Waals surface area (Å²) in [5, 5.41) is 6.42. The second-order valence-corrected chi connectivity index (χ2v) is 7.09. The van der Waals surface area contributed by atoms with Crippen LogP contribution in [0.25, 0.3) is 0 Å². The smallest absolute Gasteiger partial charge is 0.220 e. The fourth-order valence-electron chi connectivity index (χ4n) is 2.82. The van der Waals surface area contributed by atoms with E-state index in [9.17, 15) is 4.79 Å². The molecule has 5 nitrogen and oxygen atoms in total. The Hall–Kier alpha value is -1.11. The Morgan fingerprint density at radius 2 is 2.12 bits per heavy atom. The van der Waals surface area contributed by atoms with Crippen LogP contribution in [0.2, 0.25) is 0 Å². The van der Waals surface area contributed by atoms with Gasteiger partial charge >= 0.3 is 0 Å². The van der Waals surface area contributed by atoms with Gasteiger partial charge in [0, 0.05) is 23.6 Å². The van der Waals surface area contributed by atoms with Gasteiger partial charge < -0.3 is 20.1 Å². The number of ether oxygens (including phenoxy) is 2. The maximum atomic E-state index is 11.9. The van der Waals surface area contributed by atoms with E-state index < -0.39 is 0 Å². The highest BCUT2D eigenvalue weighted by molar-refractivity contribution is 7.99. The molecule has 2 N–H and O–H groups in total. The van der Waals surface area contributed by atoms with Gasteiger partial charge in [-0.25, -0.2) is 0 Å². The van der Waals surface area contributed by atoms with Gasteiger partial charge in [0.05, 0.1) is 0 Å². The largest absolute Gasteiger partial charge is 0.486 e. The highest BCUT2D eigenvalue weighted by Crippen LogP contribution is 2.34. The van der Waals surface area contributed by atoms with Crippen LogP contribution in [-0.2, 0) is 4.79 Å². The van der Waals surface area contributed by atoms with E-state index >= 15 is 0 Å². The minimum Gasteiger partial charge on any atom is -0.486 e. The third-order valence-electron chi connectivity index (χ3n) is 4.10. The predicted octanol–water partition coefficient (Wildman–Crippen LogP) is 2.48. The quantitative estimate of drug-likeness (QED) is 0.751. The van der Waals surface area contributed by atoms with E-state index in [1.54, 1.807) is 11.8 Å². The van der Waals surface area contributed by atoms with Crippen molar-refractivity contribution in [2.45, 2.75) is 24.2 Å². The number of thioether (sulfide) groups is 1. The zero-order valence-electron chi connectivity index (χ0n) is 13.7. The number of rotatable bonds is 6. The molecule has 1 atom stereocenters. The molecule has 1 amide bonds. The highest BCUT2D eigenvalue weighted by Gasteiger charge is 2.14. The summed E-state index contributed by atoms with van der Waals surface area (Å²) in [5.41, 5.74) is 0. The van der Waals surface area contributed by atoms with Gasteiger partial charge in [0.1, 0.15) is 13.2 Å². The molecular formula is C17H25ClN2O3S. The number of fused-ring (bicyclic) bond motifs is 1. The molecule has 7 heteroatoms. The van der Waals surface area contributed by atoms with Crippen LogP contribution in [0.1, 0.15) is 19.3 Å². The number of benzene rings is 1. The van der Waals surface area contributed by atoms with Crippen LogP contribution in [0.15, 0.2) is 23.1 Å². The van der Waals surface area contributed by atoms with Gasteiger partial charge in [0.15, 0.2) is 11.5 Å². The molecule has 1 aromatic rings. The Balaban J connectivity index is 0.00000208. The summed E-state index contributed by atoms with van der Waals surface area (Å²) in [6.07, 6.45) is 2.96. The molecule has 0 aromatic heterocycles. The maximum Gasteiger partial charge on any atom is 0.220 e. The van der Waals surface area contributed by atoms with Crippen LogP contribution in [0.4, 0.5) is 0 Å². The van der Waals surface area contributed by atoms with Crippen molar-refractivity contribution in [1.29, 1.82) is 0 Å². The van der Waals surface area contributed by atoms with Crippen molar-refractivity contribution in [1.82, 2.24) is 10.6 Å². The molecule has 0 aliphatic carbocycles. The summed E-state index contributed by atoms with van der Waals surface area (Å²) < 4.78 is 11.1. The lowest BCUT2D eigenvalue weighted by Crippen LogP contribution is -2.38. The Kier molecular flexibility index (Phi) is 8.02. The van der Waals surface area contributed by atoms with E-state index in [0.717, 1.165) is 41.8 Å².